The third-order valence-electron chi connectivity index (χ3n) is 5.45. The number of carbonyl (C=O) groups is 2. The molecular formula is C28H30Cl2N2O2S. The lowest BCUT2D eigenvalue weighted by molar-refractivity contribution is -0.139. The van der Waals surface area contributed by atoms with Gasteiger partial charge < -0.3 is 10.2 Å². The zero-order valence-corrected chi connectivity index (χ0v) is 22.1. The van der Waals surface area contributed by atoms with Gasteiger partial charge in [0.15, 0.2) is 0 Å². The molecule has 0 unspecified atom stereocenters. The Morgan fingerprint density at radius 3 is 2.17 bits per heavy atom. The number of hydrogen-bond donors (Lipinski definition) is 1. The number of rotatable bonds is 12. The minimum Gasteiger partial charge on any atom is -0.354 e. The van der Waals surface area contributed by atoms with Gasteiger partial charge >= 0.3 is 0 Å². The molecule has 0 spiro atoms. The Hall–Kier alpha value is -2.47. The summed E-state index contributed by atoms with van der Waals surface area (Å²) in [4.78, 5) is 28.5. The molecule has 0 bridgehead atoms. The van der Waals surface area contributed by atoms with Gasteiger partial charge in [0, 0.05) is 35.3 Å². The van der Waals surface area contributed by atoms with Gasteiger partial charge in [-0.25, -0.2) is 0 Å². The van der Waals surface area contributed by atoms with Gasteiger partial charge in [-0.05, 0) is 47.4 Å². The largest absolute Gasteiger partial charge is 0.354 e. The van der Waals surface area contributed by atoms with Crippen LogP contribution in [0, 0.1) is 0 Å². The molecule has 184 valence electrons. The van der Waals surface area contributed by atoms with Crippen molar-refractivity contribution in [3.63, 3.8) is 0 Å². The first kappa shape index (κ1) is 27.1. The maximum Gasteiger partial charge on any atom is 0.243 e. The van der Waals surface area contributed by atoms with Gasteiger partial charge in [0.1, 0.15) is 6.04 Å². The summed E-state index contributed by atoms with van der Waals surface area (Å²) < 4.78 is 0. The number of halogens is 2. The van der Waals surface area contributed by atoms with Crippen molar-refractivity contribution in [2.45, 2.75) is 38.1 Å². The van der Waals surface area contributed by atoms with E-state index < -0.39 is 6.04 Å². The molecule has 1 atom stereocenters. The average molecular weight is 530 g/mol. The van der Waals surface area contributed by atoms with E-state index in [4.69, 9.17) is 23.2 Å². The van der Waals surface area contributed by atoms with E-state index in [1.54, 1.807) is 11.0 Å². The van der Waals surface area contributed by atoms with Crippen molar-refractivity contribution in [1.29, 1.82) is 0 Å². The predicted octanol–water partition coefficient (Wildman–Crippen LogP) is 6.39. The van der Waals surface area contributed by atoms with Crippen molar-refractivity contribution < 1.29 is 9.59 Å². The van der Waals surface area contributed by atoms with E-state index in [0.717, 1.165) is 23.1 Å². The smallest absolute Gasteiger partial charge is 0.243 e. The van der Waals surface area contributed by atoms with Crippen LogP contribution in [0.4, 0.5) is 0 Å². The number of hydrogen-bond acceptors (Lipinski definition) is 3. The Kier molecular flexibility index (Phi) is 11.0. The quantitative estimate of drug-likeness (QED) is 0.296. The molecule has 3 aromatic rings. The van der Waals surface area contributed by atoms with E-state index in [9.17, 15) is 9.59 Å². The fourth-order valence-corrected chi connectivity index (χ4v) is 5.00. The van der Waals surface area contributed by atoms with Gasteiger partial charge in [0.25, 0.3) is 0 Å². The lowest BCUT2D eigenvalue weighted by Gasteiger charge is -2.31. The molecule has 35 heavy (non-hydrogen) atoms. The maximum absolute atomic E-state index is 13.6. The highest BCUT2D eigenvalue weighted by Crippen LogP contribution is 2.21. The Bertz CT molecular complexity index is 1110. The summed E-state index contributed by atoms with van der Waals surface area (Å²) in [5.74, 6) is 0.665. The van der Waals surface area contributed by atoms with Crippen molar-refractivity contribution in [3.05, 3.63) is 106 Å². The summed E-state index contributed by atoms with van der Waals surface area (Å²) in [7, 11) is 0. The van der Waals surface area contributed by atoms with Crippen LogP contribution in [0.25, 0.3) is 0 Å². The van der Waals surface area contributed by atoms with E-state index in [2.05, 4.69) is 5.32 Å². The molecule has 7 heteroatoms. The molecular weight excluding hydrogens is 499 g/mol. The molecule has 0 aromatic heterocycles. The van der Waals surface area contributed by atoms with Crippen LogP contribution in [-0.2, 0) is 28.3 Å². The highest BCUT2D eigenvalue weighted by atomic mass is 35.5. The fourth-order valence-electron chi connectivity index (χ4n) is 3.72. The summed E-state index contributed by atoms with van der Waals surface area (Å²) in [6.07, 6.45) is 1.25. The summed E-state index contributed by atoms with van der Waals surface area (Å²) >= 11 is 13.8. The van der Waals surface area contributed by atoms with E-state index in [1.807, 2.05) is 79.7 Å². The predicted molar refractivity (Wildman–Crippen MR) is 147 cm³/mol. The highest BCUT2D eigenvalue weighted by Gasteiger charge is 2.30. The highest BCUT2D eigenvalue weighted by molar-refractivity contribution is 7.99. The van der Waals surface area contributed by atoms with E-state index in [0.29, 0.717) is 35.3 Å². The van der Waals surface area contributed by atoms with Crippen molar-refractivity contribution in [3.8, 4) is 0 Å². The second kappa shape index (κ2) is 14.2. The SMILES string of the molecule is CCCNC(=O)[C@@H](Cc1ccccc1)N(Cc1cccc(Cl)c1)C(=O)CSCc1cccc(Cl)c1. The van der Waals surface area contributed by atoms with E-state index >= 15 is 0 Å². The molecule has 4 nitrogen and oxygen atoms in total. The van der Waals surface area contributed by atoms with Crippen LogP contribution in [0.1, 0.15) is 30.0 Å². The van der Waals surface area contributed by atoms with Gasteiger partial charge in [0.05, 0.1) is 5.75 Å². The third-order valence-corrected chi connectivity index (χ3v) is 6.90. The number of carbonyl (C=O) groups excluding carboxylic acids is 2. The summed E-state index contributed by atoms with van der Waals surface area (Å²) in [5, 5.41) is 4.26. The maximum atomic E-state index is 13.6. The number of amides is 2. The number of nitrogens with one attached hydrogen (secondary N) is 1. The lowest BCUT2D eigenvalue weighted by atomic mass is 10.0. The Labute approximate surface area is 222 Å². The second-order valence-corrected chi connectivity index (χ2v) is 10.1. The lowest BCUT2D eigenvalue weighted by Crippen LogP contribution is -2.51. The van der Waals surface area contributed by atoms with Crippen LogP contribution in [0.2, 0.25) is 10.0 Å². The molecule has 0 aliphatic carbocycles. The summed E-state index contributed by atoms with van der Waals surface area (Å²) in [6, 6.07) is 24.2. The first-order valence-corrected chi connectivity index (χ1v) is 13.5. The Morgan fingerprint density at radius 2 is 1.51 bits per heavy atom. The standard InChI is InChI=1S/C28H30Cl2N2O2S/c1-2-14-31-28(34)26(17-21-8-4-3-5-9-21)32(18-22-10-6-12-24(29)15-22)27(33)20-35-19-23-11-7-13-25(30)16-23/h3-13,15-16,26H,2,14,17-20H2,1H3,(H,31,34)/t26-/m1/s1. The zero-order valence-electron chi connectivity index (χ0n) is 19.8. The molecule has 0 saturated heterocycles. The van der Waals surface area contributed by atoms with Crippen molar-refractivity contribution >= 4 is 46.8 Å². The minimum atomic E-state index is -0.637. The molecule has 2 amide bonds. The topological polar surface area (TPSA) is 49.4 Å². The summed E-state index contributed by atoms with van der Waals surface area (Å²) in [6.45, 7) is 2.87. The van der Waals surface area contributed by atoms with Crippen molar-refractivity contribution in [2.24, 2.45) is 0 Å². The molecule has 0 radical (unpaired) electrons. The molecule has 0 aliphatic heterocycles. The van der Waals surface area contributed by atoms with E-state index in [1.165, 1.54) is 11.8 Å². The van der Waals surface area contributed by atoms with E-state index in [-0.39, 0.29) is 17.6 Å². The molecule has 0 heterocycles. The van der Waals surface area contributed by atoms with Gasteiger partial charge in [-0.15, -0.1) is 11.8 Å². The monoisotopic (exact) mass is 528 g/mol. The number of benzene rings is 3. The second-order valence-electron chi connectivity index (χ2n) is 8.27. The molecule has 0 fully saturated rings. The van der Waals surface area contributed by atoms with Crippen LogP contribution >= 0.6 is 35.0 Å². The molecule has 1 N–H and O–H groups in total. The van der Waals surface area contributed by atoms with Crippen molar-refractivity contribution in [2.75, 3.05) is 12.3 Å². The average Bonchev–Trinajstić information content (AvgIpc) is 2.85. The van der Waals surface area contributed by atoms with Gasteiger partial charge in [-0.2, -0.15) is 0 Å². The minimum absolute atomic E-state index is 0.0930. The fraction of sp³-hybridized carbons (Fsp3) is 0.286. The summed E-state index contributed by atoms with van der Waals surface area (Å²) in [5.41, 5.74) is 2.94. The Balaban J connectivity index is 1.83. The molecule has 3 aromatic carbocycles. The zero-order chi connectivity index (χ0) is 25.0. The Morgan fingerprint density at radius 1 is 0.886 bits per heavy atom. The van der Waals surface area contributed by atoms with Crippen molar-refractivity contribution in [1.82, 2.24) is 10.2 Å². The van der Waals surface area contributed by atoms with Crippen LogP contribution < -0.4 is 5.32 Å². The molecule has 0 aliphatic rings. The first-order chi connectivity index (χ1) is 17.0. The first-order valence-electron chi connectivity index (χ1n) is 11.6. The van der Waals surface area contributed by atoms with Crippen LogP contribution in [0.3, 0.4) is 0 Å². The number of nitrogens with zero attached hydrogens (tertiary/aromatic N) is 1. The van der Waals surface area contributed by atoms with Crippen LogP contribution in [0.15, 0.2) is 78.9 Å². The molecule has 0 saturated carbocycles. The van der Waals surface area contributed by atoms with Gasteiger partial charge in [0.2, 0.25) is 11.8 Å². The van der Waals surface area contributed by atoms with Crippen LogP contribution in [0.5, 0.6) is 0 Å². The van der Waals surface area contributed by atoms with Gasteiger partial charge in [-0.1, -0.05) is 84.7 Å². The normalized spacial score (nSPS) is 11.6. The third kappa shape index (κ3) is 8.92. The number of thioether (sulfide) groups is 1. The molecule has 3 rings (SSSR count). The van der Waals surface area contributed by atoms with Gasteiger partial charge in [-0.3, -0.25) is 9.59 Å². The van der Waals surface area contributed by atoms with Crippen LogP contribution in [-0.4, -0.2) is 35.1 Å².